The van der Waals surface area contributed by atoms with E-state index in [0.717, 1.165) is 12.8 Å². The second-order valence-corrected chi connectivity index (χ2v) is 4.77. The first kappa shape index (κ1) is 11.9. The normalized spacial score (nSPS) is 14.5. The van der Waals surface area contributed by atoms with Gasteiger partial charge < -0.3 is 0 Å². The standard InChI is InChI=1S/C18H17N/c1-4-10-16(11-5-1)19(17-12-6-2-7-13-17)18-14-8-3-9-15-18/h1-8,10-14H,9,15H2/p+1. The van der Waals surface area contributed by atoms with Gasteiger partial charge in [0.25, 0.3) is 0 Å². The highest BCUT2D eigenvalue weighted by Crippen LogP contribution is 2.15. The molecule has 19 heavy (non-hydrogen) atoms. The Morgan fingerprint density at radius 3 is 1.79 bits per heavy atom. The van der Waals surface area contributed by atoms with E-state index in [1.165, 1.54) is 22.0 Å². The minimum absolute atomic E-state index is 1.12. The Hall–Kier alpha value is -2.12. The SMILES string of the molecule is C1=CCCC([NH+](c2ccccc2)c2ccccc2)=C1. The minimum atomic E-state index is 1.12. The summed E-state index contributed by atoms with van der Waals surface area (Å²) in [5, 5.41) is 0. The summed E-state index contributed by atoms with van der Waals surface area (Å²) in [6.07, 6.45) is 8.91. The van der Waals surface area contributed by atoms with Crippen molar-refractivity contribution in [2.45, 2.75) is 12.8 Å². The van der Waals surface area contributed by atoms with E-state index in [-0.39, 0.29) is 0 Å². The summed E-state index contributed by atoms with van der Waals surface area (Å²) in [6.45, 7) is 0. The molecule has 1 nitrogen and oxygen atoms in total. The third kappa shape index (κ3) is 2.67. The average molecular weight is 248 g/mol. The van der Waals surface area contributed by atoms with E-state index in [1.54, 1.807) is 0 Å². The number of allylic oxidation sites excluding steroid dienone is 4. The average Bonchev–Trinajstić information content (AvgIpc) is 2.51. The number of hydrogen-bond donors (Lipinski definition) is 1. The highest BCUT2D eigenvalue weighted by Gasteiger charge is 2.20. The number of nitrogens with one attached hydrogen (secondary N) is 1. The first-order valence-corrected chi connectivity index (χ1v) is 6.79. The second-order valence-electron chi connectivity index (χ2n) is 4.77. The molecule has 2 aromatic carbocycles. The third-order valence-electron chi connectivity index (χ3n) is 3.46. The van der Waals surface area contributed by atoms with Gasteiger partial charge in [-0.1, -0.05) is 48.6 Å². The maximum absolute atomic E-state index is 2.25. The van der Waals surface area contributed by atoms with Gasteiger partial charge in [-0.15, -0.1) is 0 Å². The van der Waals surface area contributed by atoms with Crippen molar-refractivity contribution in [3.8, 4) is 0 Å². The fourth-order valence-electron chi connectivity index (χ4n) is 2.56. The highest BCUT2D eigenvalue weighted by molar-refractivity contribution is 5.39. The lowest BCUT2D eigenvalue weighted by Crippen LogP contribution is -3.00. The van der Waals surface area contributed by atoms with Crippen molar-refractivity contribution in [1.82, 2.24) is 0 Å². The zero-order valence-corrected chi connectivity index (χ0v) is 10.9. The smallest absolute Gasteiger partial charge is 0.141 e. The Kier molecular flexibility index (Phi) is 3.57. The Labute approximate surface area is 114 Å². The molecule has 0 radical (unpaired) electrons. The van der Waals surface area contributed by atoms with Crippen molar-refractivity contribution >= 4 is 11.4 Å². The van der Waals surface area contributed by atoms with Gasteiger partial charge in [-0.05, 0) is 36.8 Å². The molecule has 1 aliphatic rings. The van der Waals surface area contributed by atoms with Gasteiger partial charge in [0.05, 0.1) is 0 Å². The van der Waals surface area contributed by atoms with Crippen LogP contribution in [0, 0.1) is 0 Å². The predicted molar refractivity (Wildman–Crippen MR) is 79.6 cm³/mol. The summed E-state index contributed by atoms with van der Waals surface area (Å²) in [5.74, 6) is 0. The highest BCUT2D eigenvalue weighted by atomic mass is 15.1. The monoisotopic (exact) mass is 248 g/mol. The van der Waals surface area contributed by atoms with Gasteiger partial charge in [0.1, 0.15) is 17.1 Å². The zero-order chi connectivity index (χ0) is 12.9. The Balaban J connectivity index is 2.06. The Morgan fingerprint density at radius 2 is 1.32 bits per heavy atom. The van der Waals surface area contributed by atoms with Gasteiger partial charge in [-0.2, -0.15) is 0 Å². The van der Waals surface area contributed by atoms with Crippen LogP contribution in [0.3, 0.4) is 0 Å². The van der Waals surface area contributed by atoms with Gasteiger partial charge in [-0.25, -0.2) is 4.90 Å². The molecule has 94 valence electrons. The second kappa shape index (κ2) is 5.68. The Morgan fingerprint density at radius 1 is 0.737 bits per heavy atom. The summed E-state index contributed by atoms with van der Waals surface area (Å²) in [5.41, 5.74) is 4.03. The van der Waals surface area contributed by atoms with Crippen LogP contribution >= 0.6 is 0 Å². The van der Waals surface area contributed by atoms with Crippen LogP contribution in [-0.4, -0.2) is 0 Å². The van der Waals surface area contributed by atoms with E-state index in [0.29, 0.717) is 0 Å². The molecule has 0 fully saturated rings. The quantitative estimate of drug-likeness (QED) is 0.843. The van der Waals surface area contributed by atoms with Gasteiger partial charge in [0.2, 0.25) is 0 Å². The van der Waals surface area contributed by atoms with E-state index < -0.39 is 0 Å². The van der Waals surface area contributed by atoms with Gasteiger partial charge in [0, 0.05) is 6.42 Å². The van der Waals surface area contributed by atoms with E-state index in [4.69, 9.17) is 0 Å². The van der Waals surface area contributed by atoms with Crippen molar-refractivity contribution in [2.75, 3.05) is 0 Å². The molecule has 0 unspecified atom stereocenters. The summed E-state index contributed by atoms with van der Waals surface area (Å²) >= 11 is 0. The van der Waals surface area contributed by atoms with Crippen molar-refractivity contribution < 1.29 is 4.90 Å². The van der Waals surface area contributed by atoms with E-state index in [9.17, 15) is 0 Å². The summed E-state index contributed by atoms with van der Waals surface area (Å²) in [6, 6.07) is 21.4. The molecule has 0 atom stereocenters. The number of benzene rings is 2. The summed E-state index contributed by atoms with van der Waals surface area (Å²) < 4.78 is 0. The molecule has 0 bridgehead atoms. The van der Waals surface area contributed by atoms with Crippen LogP contribution in [-0.2, 0) is 0 Å². The molecule has 1 aliphatic carbocycles. The molecule has 1 heteroatoms. The lowest BCUT2D eigenvalue weighted by Gasteiger charge is -2.21. The maximum atomic E-state index is 2.25. The fraction of sp³-hybridized carbons (Fsp3) is 0.111. The number of quaternary nitrogens is 1. The van der Waals surface area contributed by atoms with Crippen molar-refractivity contribution in [2.24, 2.45) is 0 Å². The molecule has 0 saturated heterocycles. The zero-order valence-electron chi connectivity index (χ0n) is 10.9. The fourth-order valence-corrected chi connectivity index (χ4v) is 2.56. The molecule has 0 saturated carbocycles. The van der Waals surface area contributed by atoms with Crippen LogP contribution in [0.2, 0.25) is 0 Å². The number of hydrogen-bond acceptors (Lipinski definition) is 0. The lowest BCUT2D eigenvalue weighted by molar-refractivity contribution is -0.716. The summed E-state index contributed by atoms with van der Waals surface area (Å²) in [7, 11) is 0. The minimum Gasteiger partial charge on any atom is -0.242 e. The number of para-hydroxylation sites is 2. The molecule has 0 amide bonds. The van der Waals surface area contributed by atoms with Crippen molar-refractivity contribution in [3.63, 3.8) is 0 Å². The molecule has 0 aromatic heterocycles. The molecular weight excluding hydrogens is 230 g/mol. The molecule has 0 aliphatic heterocycles. The van der Waals surface area contributed by atoms with E-state index in [2.05, 4.69) is 78.9 Å². The van der Waals surface area contributed by atoms with Crippen molar-refractivity contribution in [3.05, 3.63) is 84.6 Å². The van der Waals surface area contributed by atoms with Gasteiger partial charge >= 0.3 is 0 Å². The van der Waals surface area contributed by atoms with Crippen LogP contribution in [0.1, 0.15) is 12.8 Å². The molecule has 3 rings (SSSR count). The first-order valence-electron chi connectivity index (χ1n) is 6.79. The van der Waals surface area contributed by atoms with Gasteiger partial charge in [0.15, 0.2) is 0 Å². The van der Waals surface area contributed by atoms with E-state index in [1.807, 2.05) is 0 Å². The molecular formula is C18H18N+. The topological polar surface area (TPSA) is 4.44 Å². The predicted octanol–water partition coefficient (Wildman–Crippen LogP) is 3.77. The lowest BCUT2D eigenvalue weighted by atomic mass is 10.1. The Bertz CT molecular complexity index is 542. The third-order valence-corrected chi connectivity index (χ3v) is 3.46. The van der Waals surface area contributed by atoms with E-state index >= 15 is 0 Å². The first-order chi connectivity index (χ1) is 9.45. The van der Waals surface area contributed by atoms with Crippen LogP contribution in [0.15, 0.2) is 84.6 Å². The largest absolute Gasteiger partial charge is 0.242 e. The van der Waals surface area contributed by atoms with Crippen LogP contribution < -0.4 is 4.90 Å². The molecule has 0 heterocycles. The molecule has 2 aromatic rings. The number of rotatable bonds is 3. The summed E-state index contributed by atoms with van der Waals surface area (Å²) in [4.78, 5) is 1.37. The maximum Gasteiger partial charge on any atom is 0.141 e. The van der Waals surface area contributed by atoms with Gasteiger partial charge in [-0.3, -0.25) is 0 Å². The van der Waals surface area contributed by atoms with Crippen LogP contribution in [0.4, 0.5) is 11.4 Å². The van der Waals surface area contributed by atoms with Crippen molar-refractivity contribution in [1.29, 1.82) is 0 Å². The van der Waals surface area contributed by atoms with Crippen LogP contribution in [0.5, 0.6) is 0 Å². The van der Waals surface area contributed by atoms with Crippen LogP contribution in [0.25, 0.3) is 0 Å². The molecule has 1 N–H and O–H groups in total. The molecule has 0 spiro atoms.